The number of β-amino-alcohol motifs (C(OH)–C–C–N with tert-alkyl or cyclic N) is 1. The average molecular weight is 477 g/mol. The van der Waals surface area contributed by atoms with E-state index in [2.05, 4.69) is 6.92 Å². The maximum absolute atomic E-state index is 13.9. The number of hydrogen-bond donors (Lipinski definition) is 2. The van der Waals surface area contributed by atoms with E-state index in [0.717, 1.165) is 19.3 Å². The SMILES string of the molecule is CCCCCOc1cc(N2CC(O)(CO)CN(Cc3cc(F)ccc3OC)C2=O)ccc1OC. The van der Waals surface area contributed by atoms with Gasteiger partial charge in [-0.1, -0.05) is 19.8 Å². The fourth-order valence-electron chi connectivity index (χ4n) is 3.99. The van der Waals surface area contributed by atoms with E-state index in [1.807, 2.05) is 0 Å². The number of unbranched alkanes of at least 4 members (excludes halogenated alkanes) is 2. The number of amides is 2. The first kappa shape index (κ1) is 25.6. The number of nitrogens with zero attached hydrogens (tertiary/aromatic N) is 2. The maximum atomic E-state index is 13.9. The second kappa shape index (κ2) is 11.4. The van der Waals surface area contributed by atoms with Gasteiger partial charge >= 0.3 is 6.03 Å². The van der Waals surface area contributed by atoms with Crippen LogP contribution in [-0.2, 0) is 6.54 Å². The molecule has 2 N–H and O–H groups in total. The summed E-state index contributed by atoms with van der Waals surface area (Å²) in [5.41, 5.74) is -0.636. The molecule has 2 aromatic rings. The molecule has 0 saturated carbocycles. The van der Waals surface area contributed by atoms with Crippen molar-refractivity contribution < 1.29 is 33.6 Å². The summed E-state index contributed by atoms with van der Waals surface area (Å²) in [6.45, 7) is 1.83. The summed E-state index contributed by atoms with van der Waals surface area (Å²) in [6, 6.07) is 8.73. The van der Waals surface area contributed by atoms with Gasteiger partial charge in [0.05, 0.1) is 47.1 Å². The fourth-order valence-corrected chi connectivity index (χ4v) is 3.99. The standard InChI is InChI=1S/C25H33FN2O6/c1-4-5-6-11-34-23-13-20(8-10-22(23)33-3)28-16-25(31,17-29)15-27(24(28)30)14-18-12-19(26)7-9-21(18)32-2/h7-10,12-13,29,31H,4-6,11,14-17H2,1-3H3. The number of ether oxygens (including phenoxy) is 3. The van der Waals surface area contributed by atoms with E-state index in [-0.39, 0.29) is 19.6 Å². The number of anilines is 1. The van der Waals surface area contributed by atoms with Gasteiger partial charge in [-0.3, -0.25) is 4.90 Å². The van der Waals surface area contributed by atoms with Gasteiger partial charge in [-0.2, -0.15) is 0 Å². The van der Waals surface area contributed by atoms with Crippen molar-refractivity contribution in [2.45, 2.75) is 38.3 Å². The van der Waals surface area contributed by atoms with Gasteiger partial charge in [0.25, 0.3) is 0 Å². The van der Waals surface area contributed by atoms with Crippen molar-refractivity contribution in [3.05, 3.63) is 47.8 Å². The number of hydrogen-bond acceptors (Lipinski definition) is 6. The summed E-state index contributed by atoms with van der Waals surface area (Å²) in [7, 11) is 3.00. The second-order valence-electron chi connectivity index (χ2n) is 8.45. The third kappa shape index (κ3) is 5.90. The highest BCUT2D eigenvalue weighted by molar-refractivity contribution is 5.93. The maximum Gasteiger partial charge on any atom is 0.324 e. The van der Waals surface area contributed by atoms with Crippen molar-refractivity contribution in [2.75, 3.05) is 45.4 Å². The number of aliphatic hydroxyl groups is 2. The van der Waals surface area contributed by atoms with Crippen LogP contribution in [0.3, 0.4) is 0 Å². The Labute approximate surface area is 199 Å². The van der Waals surface area contributed by atoms with Gasteiger partial charge in [0.15, 0.2) is 11.5 Å². The zero-order chi connectivity index (χ0) is 24.7. The van der Waals surface area contributed by atoms with Crippen molar-refractivity contribution in [1.82, 2.24) is 4.90 Å². The molecule has 3 rings (SSSR count). The highest BCUT2D eigenvalue weighted by atomic mass is 19.1. The number of aliphatic hydroxyl groups excluding tert-OH is 1. The van der Waals surface area contributed by atoms with Gasteiger partial charge in [0.1, 0.15) is 17.2 Å². The van der Waals surface area contributed by atoms with Crippen molar-refractivity contribution in [3.63, 3.8) is 0 Å². The zero-order valence-electron chi connectivity index (χ0n) is 19.9. The van der Waals surface area contributed by atoms with E-state index in [9.17, 15) is 19.4 Å². The molecule has 1 atom stereocenters. The Hall–Kier alpha value is -3.04. The molecule has 186 valence electrons. The quantitative estimate of drug-likeness (QED) is 0.482. The summed E-state index contributed by atoms with van der Waals surface area (Å²) < 4.78 is 30.5. The van der Waals surface area contributed by atoms with Crippen molar-refractivity contribution >= 4 is 11.7 Å². The molecule has 1 saturated heterocycles. The Morgan fingerprint density at radius 1 is 1.03 bits per heavy atom. The molecule has 34 heavy (non-hydrogen) atoms. The third-order valence-electron chi connectivity index (χ3n) is 5.80. The molecule has 0 aliphatic carbocycles. The van der Waals surface area contributed by atoms with E-state index >= 15 is 0 Å². The average Bonchev–Trinajstić information content (AvgIpc) is 2.84. The number of halogens is 1. The smallest absolute Gasteiger partial charge is 0.324 e. The number of benzene rings is 2. The second-order valence-corrected chi connectivity index (χ2v) is 8.45. The lowest BCUT2D eigenvalue weighted by Gasteiger charge is -2.44. The Morgan fingerprint density at radius 2 is 1.76 bits per heavy atom. The Kier molecular flexibility index (Phi) is 8.57. The first-order chi connectivity index (χ1) is 16.3. The summed E-state index contributed by atoms with van der Waals surface area (Å²) in [5.74, 6) is 0.976. The van der Waals surface area contributed by atoms with Gasteiger partial charge in [-0.15, -0.1) is 0 Å². The molecule has 0 aromatic heterocycles. The molecule has 1 aliphatic heterocycles. The minimum absolute atomic E-state index is 0.00485. The van der Waals surface area contributed by atoms with Crippen LogP contribution in [-0.4, -0.2) is 67.3 Å². The van der Waals surface area contributed by atoms with Gasteiger partial charge in [0, 0.05) is 17.3 Å². The lowest BCUT2D eigenvalue weighted by molar-refractivity contribution is -0.0369. The summed E-state index contributed by atoms with van der Waals surface area (Å²) in [5, 5.41) is 20.9. The molecule has 0 bridgehead atoms. The van der Waals surface area contributed by atoms with Crippen LogP contribution in [0.5, 0.6) is 17.2 Å². The number of rotatable bonds is 11. The molecule has 9 heteroatoms. The monoisotopic (exact) mass is 476 g/mol. The van der Waals surface area contributed by atoms with Gasteiger partial charge < -0.3 is 29.3 Å². The highest BCUT2D eigenvalue weighted by Crippen LogP contribution is 2.35. The van der Waals surface area contributed by atoms with Crippen molar-refractivity contribution in [3.8, 4) is 17.2 Å². The minimum Gasteiger partial charge on any atom is -0.496 e. The van der Waals surface area contributed by atoms with E-state index in [0.29, 0.717) is 35.1 Å². The molecule has 2 aromatic carbocycles. The molecular formula is C25H33FN2O6. The summed E-state index contributed by atoms with van der Waals surface area (Å²) in [6.07, 6.45) is 2.99. The predicted molar refractivity (Wildman–Crippen MR) is 126 cm³/mol. The largest absolute Gasteiger partial charge is 0.496 e. The van der Waals surface area contributed by atoms with Crippen LogP contribution < -0.4 is 19.1 Å². The van der Waals surface area contributed by atoms with E-state index in [1.165, 1.54) is 35.1 Å². The van der Waals surface area contributed by atoms with Crippen LogP contribution in [0.1, 0.15) is 31.7 Å². The topological polar surface area (TPSA) is 91.7 Å². The van der Waals surface area contributed by atoms with Crippen LogP contribution in [0.2, 0.25) is 0 Å². The molecule has 1 unspecified atom stereocenters. The Morgan fingerprint density at radius 3 is 2.44 bits per heavy atom. The molecule has 1 heterocycles. The molecule has 8 nitrogen and oxygen atoms in total. The minimum atomic E-state index is -1.57. The van der Waals surface area contributed by atoms with Crippen LogP contribution in [0, 0.1) is 5.82 Å². The van der Waals surface area contributed by atoms with Gasteiger partial charge in [0.2, 0.25) is 0 Å². The van der Waals surface area contributed by atoms with Gasteiger partial charge in [-0.05, 0) is 36.8 Å². The van der Waals surface area contributed by atoms with Crippen LogP contribution in [0.15, 0.2) is 36.4 Å². The third-order valence-corrected chi connectivity index (χ3v) is 5.80. The van der Waals surface area contributed by atoms with E-state index < -0.39 is 24.1 Å². The fraction of sp³-hybridized carbons (Fsp3) is 0.480. The summed E-state index contributed by atoms with van der Waals surface area (Å²) >= 11 is 0. The number of methoxy groups -OCH3 is 2. The van der Waals surface area contributed by atoms with Crippen LogP contribution in [0.25, 0.3) is 0 Å². The first-order valence-corrected chi connectivity index (χ1v) is 11.4. The van der Waals surface area contributed by atoms with Crippen molar-refractivity contribution in [2.24, 2.45) is 0 Å². The van der Waals surface area contributed by atoms with Gasteiger partial charge in [-0.25, -0.2) is 9.18 Å². The summed E-state index contributed by atoms with van der Waals surface area (Å²) in [4.78, 5) is 16.2. The van der Waals surface area contributed by atoms with Crippen LogP contribution >= 0.6 is 0 Å². The molecule has 2 amide bonds. The number of carbonyl (C=O) groups is 1. The molecule has 1 aliphatic rings. The molecule has 1 fully saturated rings. The number of carbonyl (C=O) groups excluding carboxylic acids is 1. The molecular weight excluding hydrogens is 443 g/mol. The normalized spacial score (nSPS) is 18.2. The highest BCUT2D eigenvalue weighted by Gasteiger charge is 2.42. The molecule has 0 radical (unpaired) electrons. The Bertz CT molecular complexity index is 988. The van der Waals surface area contributed by atoms with Crippen LogP contribution in [0.4, 0.5) is 14.9 Å². The first-order valence-electron chi connectivity index (χ1n) is 11.4. The van der Waals surface area contributed by atoms with E-state index in [1.54, 1.807) is 25.3 Å². The predicted octanol–water partition coefficient (Wildman–Crippen LogP) is 3.58. The van der Waals surface area contributed by atoms with E-state index in [4.69, 9.17) is 14.2 Å². The van der Waals surface area contributed by atoms with Crippen molar-refractivity contribution in [1.29, 1.82) is 0 Å². The Balaban J connectivity index is 1.90. The lowest BCUT2D eigenvalue weighted by atomic mass is 10.00. The number of urea groups is 1. The lowest BCUT2D eigenvalue weighted by Crippen LogP contribution is -2.63. The molecule has 0 spiro atoms. The zero-order valence-corrected chi connectivity index (χ0v) is 19.9.